The zero-order valence-electron chi connectivity index (χ0n) is 14.0. The molecule has 21 heavy (non-hydrogen) atoms. The van der Waals surface area contributed by atoms with Gasteiger partial charge in [0.15, 0.2) is 5.96 Å². The van der Waals surface area contributed by atoms with E-state index in [1.807, 2.05) is 20.8 Å². The van der Waals surface area contributed by atoms with Gasteiger partial charge in [-0.25, -0.2) is 0 Å². The number of hydrogen-bond acceptors (Lipinski definition) is 2. The summed E-state index contributed by atoms with van der Waals surface area (Å²) in [5, 5.41) is 9.40. The summed E-state index contributed by atoms with van der Waals surface area (Å²) in [5.74, 6) is 1.53. The van der Waals surface area contributed by atoms with Gasteiger partial charge in [0, 0.05) is 18.6 Å². The van der Waals surface area contributed by atoms with Crippen molar-refractivity contribution in [2.75, 3.05) is 13.6 Å². The number of amides is 1. The number of carbonyl (C=O) groups excluding carboxylic acids is 1. The number of nitrogens with zero attached hydrogens (tertiary/aromatic N) is 1. The van der Waals surface area contributed by atoms with Crippen molar-refractivity contribution in [3.8, 4) is 0 Å². The molecule has 0 bridgehead atoms. The van der Waals surface area contributed by atoms with Crippen LogP contribution < -0.4 is 16.0 Å². The second-order valence-electron chi connectivity index (χ2n) is 6.83. The molecule has 0 unspecified atom stereocenters. The molecule has 1 aliphatic carbocycles. The molecule has 0 aromatic carbocycles. The predicted molar refractivity (Wildman–Crippen MR) is 99.2 cm³/mol. The first-order chi connectivity index (χ1) is 9.30. The monoisotopic (exact) mass is 410 g/mol. The molecule has 1 rings (SSSR count). The largest absolute Gasteiger partial charge is 0.354 e. The van der Waals surface area contributed by atoms with Gasteiger partial charge < -0.3 is 16.0 Å². The van der Waals surface area contributed by atoms with Gasteiger partial charge in [0.1, 0.15) is 0 Å². The molecule has 0 atom stereocenters. The van der Waals surface area contributed by atoms with Gasteiger partial charge in [0.25, 0.3) is 0 Å². The van der Waals surface area contributed by atoms with Crippen LogP contribution in [0.5, 0.6) is 0 Å². The van der Waals surface area contributed by atoms with E-state index in [-0.39, 0.29) is 42.0 Å². The van der Waals surface area contributed by atoms with Crippen LogP contribution in [0.25, 0.3) is 0 Å². The number of nitrogens with one attached hydrogen (secondary N) is 3. The Bertz CT molecular complexity index is 344. The van der Waals surface area contributed by atoms with Crippen LogP contribution in [0.4, 0.5) is 0 Å². The molecule has 0 heterocycles. The molecule has 5 nitrogen and oxygen atoms in total. The van der Waals surface area contributed by atoms with Crippen LogP contribution in [0.2, 0.25) is 0 Å². The molecule has 0 spiro atoms. The highest BCUT2D eigenvalue weighted by Gasteiger charge is 2.19. The van der Waals surface area contributed by atoms with Crippen LogP contribution in [-0.2, 0) is 4.79 Å². The smallest absolute Gasteiger partial charge is 0.239 e. The van der Waals surface area contributed by atoms with Crippen molar-refractivity contribution in [2.45, 2.75) is 65.0 Å². The lowest BCUT2D eigenvalue weighted by atomic mass is 9.87. The SMILES string of the molecule is CN=C(NCC(=O)NC(C)(C)C)NC1CCC(C)CC1.I. The van der Waals surface area contributed by atoms with E-state index >= 15 is 0 Å². The van der Waals surface area contributed by atoms with E-state index in [9.17, 15) is 4.79 Å². The van der Waals surface area contributed by atoms with Crippen LogP contribution in [0.1, 0.15) is 53.4 Å². The minimum atomic E-state index is -0.199. The normalized spacial score (nSPS) is 23.0. The fourth-order valence-corrected chi connectivity index (χ4v) is 2.42. The summed E-state index contributed by atoms with van der Waals surface area (Å²) in [4.78, 5) is 15.9. The van der Waals surface area contributed by atoms with Crippen LogP contribution in [0.15, 0.2) is 4.99 Å². The number of halogens is 1. The molecule has 0 aromatic rings. The quantitative estimate of drug-likeness (QED) is 0.380. The van der Waals surface area contributed by atoms with E-state index in [0.717, 1.165) is 5.92 Å². The van der Waals surface area contributed by atoms with Crippen molar-refractivity contribution in [3.05, 3.63) is 0 Å². The third kappa shape index (κ3) is 9.16. The van der Waals surface area contributed by atoms with Gasteiger partial charge in [0.05, 0.1) is 6.54 Å². The van der Waals surface area contributed by atoms with Crippen LogP contribution in [0, 0.1) is 5.92 Å². The van der Waals surface area contributed by atoms with E-state index in [1.54, 1.807) is 7.05 Å². The number of guanidine groups is 1. The molecule has 3 N–H and O–H groups in total. The van der Waals surface area contributed by atoms with Gasteiger partial charge in [-0.1, -0.05) is 6.92 Å². The Hall–Kier alpha value is -0.530. The molecule has 0 aromatic heterocycles. The van der Waals surface area contributed by atoms with Crippen LogP contribution in [-0.4, -0.2) is 37.0 Å². The predicted octanol–water partition coefficient (Wildman–Crippen LogP) is 2.26. The molecule has 1 fully saturated rings. The van der Waals surface area contributed by atoms with Crippen LogP contribution in [0.3, 0.4) is 0 Å². The topological polar surface area (TPSA) is 65.5 Å². The van der Waals surface area contributed by atoms with Gasteiger partial charge in [-0.15, -0.1) is 24.0 Å². The maximum atomic E-state index is 11.8. The average molecular weight is 410 g/mol. The first-order valence-corrected chi connectivity index (χ1v) is 7.58. The third-order valence-electron chi connectivity index (χ3n) is 3.51. The van der Waals surface area contributed by atoms with Crippen molar-refractivity contribution in [1.82, 2.24) is 16.0 Å². The van der Waals surface area contributed by atoms with Crippen molar-refractivity contribution in [2.24, 2.45) is 10.9 Å². The third-order valence-corrected chi connectivity index (χ3v) is 3.51. The van der Waals surface area contributed by atoms with Gasteiger partial charge >= 0.3 is 0 Å². The highest BCUT2D eigenvalue weighted by molar-refractivity contribution is 14.0. The van der Waals surface area contributed by atoms with E-state index in [1.165, 1.54) is 25.7 Å². The van der Waals surface area contributed by atoms with Gasteiger partial charge in [-0.05, 0) is 52.4 Å². The Balaban J connectivity index is 0.00000400. The number of aliphatic imine (C=N–C) groups is 1. The van der Waals surface area contributed by atoms with Gasteiger partial charge in [0.2, 0.25) is 5.91 Å². The summed E-state index contributed by atoms with van der Waals surface area (Å²) < 4.78 is 0. The molecule has 1 amide bonds. The Morgan fingerprint density at radius 3 is 2.24 bits per heavy atom. The van der Waals surface area contributed by atoms with Crippen molar-refractivity contribution < 1.29 is 4.79 Å². The fraction of sp³-hybridized carbons (Fsp3) is 0.867. The summed E-state index contributed by atoms with van der Waals surface area (Å²) >= 11 is 0. The molecular formula is C15H31IN4O. The van der Waals surface area contributed by atoms with E-state index in [0.29, 0.717) is 12.0 Å². The van der Waals surface area contributed by atoms with Crippen molar-refractivity contribution in [1.29, 1.82) is 0 Å². The second-order valence-corrected chi connectivity index (χ2v) is 6.83. The summed E-state index contributed by atoms with van der Waals surface area (Å²) in [6.07, 6.45) is 4.88. The lowest BCUT2D eigenvalue weighted by Gasteiger charge is -2.28. The Morgan fingerprint density at radius 2 is 1.76 bits per heavy atom. The molecule has 1 aliphatic rings. The molecule has 0 aliphatic heterocycles. The highest BCUT2D eigenvalue weighted by atomic mass is 127. The lowest BCUT2D eigenvalue weighted by Crippen LogP contribution is -2.50. The summed E-state index contributed by atoms with van der Waals surface area (Å²) in [6, 6.07) is 0.475. The van der Waals surface area contributed by atoms with Crippen molar-refractivity contribution >= 4 is 35.8 Å². The Morgan fingerprint density at radius 1 is 1.19 bits per heavy atom. The molecule has 0 radical (unpaired) electrons. The zero-order valence-corrected chi connectivity index (χ0v) is 16.3. The Labute approximate surface area is 146 Å². The summed E-state index contributed by atoms with van der Waals surface area (Å²) in [5.41, 5.74) is -0.199. The molecule has 124 valence electrons. The zero-order chi connectivity index (χ0) is 15.2. The minimum absolute atomic E-state index is 0. The fourth-order valence-electron chi connectivity index (χ4n) is 2.42. The van der Waals surface area contributed by atoms with E-state index in [2.05, 4.69) is 27.9 Å². The van der Waals surface area contributed by atoms with Gasteiger partial charge in [-0.3, -0.25) is 9.79 Å². The highest BCUT2D eigenvalue weighted by Crippen LogP contribution is 2.23. The molecule has 6 heteroatoms. The van der Waals surface area contributed by atoms with Crippen LogP contribution >= 0.6 is 24.0 Å². The first kappa shape index (κ1) is 20.5. The van der Waals surface area contributed by atoms with Crippen molar-refractivity contribution in [3.63, 3.8) is 0 Å². The second kappa shape index (κ2) is 9.48. The first-order valence-electron chi connectivity index (χ1n) is 7.58. The molecule has 0 saturated heterocycles. The average Bonchev–Trinajstić information content (AvgIpc) is 2.34. The maximum absolute atomic E-state index is 11.8. The lowest BCUT2D eigenvalue weighted by molar-refractivity contribution is -0.121. The van der Waals surface area contributed by atoms with E-state index in [4.69, 9.17) is 0 Å². The Kier molecular flexibility index (Phi) is 9.24. The number of carbonyl (C=O) groups is 1. The number of hydrogen-bond donors (Lipinski definition) is 3. The summed E-state index contributed by atoms with van der Waals surface area (Å²) in [7, 11) is 1.74. The van der Waals surface area contributed by atoms with Gasteiger partial charge in [-0.2, -0.15) is 0 Å². The maximum Gasteiger partial charge on any atom is 0.239 e. The summed E-state index contributed by atoms with van der Waals surface area (Å²) in [6.45, 7) is 8.48. The van der Waals surface area contributed by atoms with E-state index < -0.39 is 0 Å². The number of rotatable bonds is 3. The standard InChI is InChI=1S/C15H30N4O.HI/c1-11-6-8-12(9-7-11)18-14(16-5)17-10-13(20)19-15(2,3)4;/h11-12H,6-10H2,1-5H3,(H,19,20)(H2,16,17,18);1H. The molecular weight excluding hydrogens is 379 g/mol. The minimum Gasteiger partial charge on any atom is -0.354 e. The molecule has 1 saturated carbocycles.